The number of anilines is 4. The lowest BCUT2D eigenvalue weighted by atomic mass is 9.74. The summed E-state index contributed by atoms with van der Waals surface area (Å²) in [6, 6.07) is 15.3. The second-order valence-electron chi connectivity index (χ2n) is 19.1. The Balaban J connectivity index is 1.41. The third kappa shape index (κ3) is 11.4. The molecule has 0 saturated heterocycles. The Morgan fingerprint density at radius 2 is 1.59 bits per heavy atom. The van der Waals surface area contributed by atoms with Gasteiger partial charge >= 0.3 is 0 Å². The molecule has 4 heterocycles. The lowest BCUT2D eigenvalue weighted by Crippen LogP contribution is -2.49. The Morgan fingerprint density at radius 1 is 0.882 bits per heavy atom. The molecule has 0 aliphatic heterocycles. The predicted molar refractivity (Wildman–Crippen MR) is 290 cm³/mol. The monoisotopic (exact) mass is 1150 g/mol. The number of hydrogen-bond acceptors (Lipinski definition) is 21. The summed E-state index contributed by atoms with van der Waals surface area (Å²) in [5.41, 5.74) is 2.42. The fourth-order valence-electron chi connectivity index (χ4n) is 9.79. The van der Waals surface area contributed by atoms with Crippen LogP contribution in [0.5, 0.6) is 0 Å². The molecule has 4 unspecified atom stereocenters. The lowest BCUT2D eigenvalue weighted by Gasteiger charge is -2.42. The van der Waals surface area contributed by atoms with Gasteiger partial charge in [0.2, 0.25) is 5.13 Å². The first-order valence-electron chi connectivity index (χ1n) is 23.9. The maximum atomic E-state index is 13.1. The van der Waals surface area contributed by atoms with Gasteiger partial charge in [-0.1, -0.05) is 95.1 Å². The Hall–Kier alpha value is -5.55. The van der Waals surface area contributed by atoms with Crippen LogP contribution in [0.2, 0.25) is 0 Å². The van der Waals surface area contributed by atoms with Crippen molar-refractivity contribution in [2.75, 3.05) is 10.2 Å². The van der Waals surface area contributed by atoms with Gasteiger partial charge in [0.1, 0.15) is 23.1 Å². The number of benzene rings is 3. The van der Waals surface area contributed by atoms with Crippen molar-refractivity contribution < 1.29 is 53.5 Å². The van der Waals surface area contributed by atoms with Crippen molar-refractivity contribution in [2.45, 2.75) is 125 Å². The van der Waals surface area contributed by atoms with Crippen LogP contribution < -0.4 is 10.2 Å². The first-order chi connectivity index (χ1) is 35.8. The van der Waals surface area contributed by atoms with Gasteiger partial charge in [-0.3, -0.25) is 18.6 Å². The number of nitriles is 1. The molecule has 76 heavy (non-hydrogen) atoms. The molecule has 1 fully saturated rings. The molecular formula is C48H54N10O12S6. The fraction of sp³-hybridized carbons (Fsp3) is 0.396. The number of azo groups is 1. The van der Waals surface area contributed by atoms with E-state index in [1.165, 1.54) is 40.3 Å². The van der Waals surface area contributed by atoms with Crippen LogP contribution in [0.4, 0.5) is 34.0 Å². The van der Waals surface area contributed by atoms with Crippen molar-refractivity contribution in [1.29, 1.82) is 5.26 Å². The minimum atomic E-state index is -4.82. The summed E-state index contributed by atoms with van der Waals surface area (Å²) in [7, 11) is -14.0. The van der Waals surface area contributed by atoms with Crippen molar-refractivity contribution in [2.24, 2.45) is 22.1 Å². The highest BCUT2D eigenvalue weighted by Crippen LogP contribution is 2.48. The van der Waals surface area contributed by atoms with Gasteiger partial charge in [-0.15, -0.1) is 14.6 Å². The Bertz CT molecular complexity index is 3790. The summed E-state index contributed by atoms with van der Waals surface area (Å²) >= 11 is 3.03. The van der Waals surface area contributed by atoms with E-state index in [1.54, 1.807) is 49.1 Å². The average molecular weight is 1160 g/mol. The summed E-state index contributed by atoms with van der Waals surface area (Å²) in [6.45, 7) is 14.8. The highest BCUT2D eigenvalue weighted by molar-refractivity contribution is 7.94. The first-order valence-corrected chi connectivity index (χ1v) is 30.7. The van der Waals surface area contributed by atoms with Crippen LogP contribution in [0.15, 0.2) is 79.5 Å². The number of aryl methyl sites for hydroxylation is 2. The maximum absolute atomic E-state index is 13.1. The number of nitrogens with zero attached hydrogens (tertiary/aromatic N) is 9. The first kappa shape index (κ1) is 56.6. The van der Waals surface area contributed by atoms with Crippen molar-refractivity contribution >= 4 is 119 Å². The molecule has 8 rings (SSSR count). The molecule has 0 spiro atoms. The molecule has 0 radical (unpaired) electrons. The molecule has 1 aliphatic carbocycles. The molecule has 1 saturated carbocycles. The van der Waals surface area contributed by atoms with Crippen molar-refractivity contribution in [3.05, 3.63) is 82.5 Å². The largest absolute Gasteiger partial charge is 0.365 e. The van der Waals surface area contributed by atoms with Crippen molar-refractivity contribution in [3.63, 3.8) is 0 Å². The van der Waals surface area contributed by atoms with Crippen LogP contribution in [0.3, 0.4) is 0 Å². The zero-order valence-corrected chi connectivity index (χ0v) is 47.2. The fourth-order valence-corrected chi connectivity index (χ4v) is 14.9. The van der Waals surface area contributed by atoms with Gasteiger partial charge in [-0.2, -0.15) is 40.3 Å². The Morgan fingerprint density at radius 3 is 2.21 bits per heavy atom. The maximum Gasteiger partial charge on any atom is 0.294 e. The summed E-state index contributed by atoms with van der Waals surface area (Å²) in [4.78, 5) is 16.4. The molecule has 1 aliphatic rings. The molecule has 0 bridgehead atoms. The van der Waals surface area contributed by atoms with Gasteiger partial charge in [0.25, 0.3) is 30.4 Å². The summed E-state index contributed by atoms with van der Waals surface area (Å²) in [5, 5.41) is 40.8. The van der Waals surface area contributed by atoms with E-state index in [0.29, 0.717) is 78.7 Å². The van der Waals surface area contributed by atoms with E-state index in [9.17, 15) is 44.2 Å². The molecule has 4 aromatic heterocycles. The number of rotatable bonds is 18. The minimum absolute atomic E-state index is 0.0251. The predicted octanol–water partition coefficient (Wildman–Crippen LogP) is 11.8. The van der Waals surface area contributed by atoms with Gasteiger partial charge in [0.05, 0.1) is 58.9 Å². The Kier molecular flexibility index (Phi) is 16.4. The molecule has 0 amide bonds. The van der Waals surface area contributed by atoms with Gasteiger partial charge in [-0.05, 0) is 110 Å². The molecule has 3 aromatic carbocycles. The van der Waals surface area contributed by atoms with Crippen LogP contribution in [-0.2, 0) is 58.0 Å². The molecule has 28 heteroatoms. The SMILES string of the molecule is CCc1ccc(S(=O)(=O)O)c(CC)c1N(c1cc(C)c(N=Nc2c(C#N)c(C(C)(C)C)nn2-c2nc3ccc(SOOO)cc3s2)c(NC2C(CC)CCC(S(=O)(=O)O)C2CC)n1)c1nc2ccc(S(=O)(=O)O)cc2s1. The molecule has 7 aromatic rings. The molecule has 5 N–H and O–H groups in total. The highest BCUT2D eigenvalue weighted by atomic mass is 32.2. The zero-order chi connectivity index (χ0) is 55.2. The van der Waals surface area contributed by atoms with Crippen molar-refractivity contribution in [1.82, 2.24) is 24.7 Å². The zero-order valence-electron chi connectivity index (χ0n) is 42.3. The summed E-state index contributed by atoms with van der Waals surface area (Å²) in [5.74, 6) is -0.528. The van der Waals surface area contributed by atoms with Crippen LogP contribution in [0.25, 0.3) is 25.6 Å². The number of aromatic nitrogens is 5. The number of fused-ring (bicyclic) bond motifs is 2. The van der Waals surface area contributed by atoms with Gasteiger partial charge in [0.15, 0.2) is 16.8 Å². The van der Waals surface area contributed by atoms with E-state index in [4.69, 9.17) is 35.5 Å². The van der Waals surface area contributed by atoms with E-state index in [0.717, 1.165) is 23.4 Å². The molecular weight excluding hydrogens is 1100 g/mol. The number of pyridine rings is 1. The summed E-state index contributed by atoms with van der Waals surface area (Å²) in [6.07, 6.45) is 2.03. The lowest BCUT2D eigenvalue weighted by molar-refractivity contribution is -0.432. The van der Waals surface area contributed by atoms with E-state index in [1.807, 2.05) is 41.5 Å². The number of nitrogens with one attached hydrogen (secondary N) is 1. The topological polar surface area (TPSA) is 322 Å². The van der Waals surface area contributed by atoms with E-state index >= 15 is 0 Å². The van der Waals surface area contributed by atoms with Crippen LogP contribution in [0, 0.1) is 30.1 Å². The standard InChI is InChI=1S/C48H54N10O12S6/c1-9-26-13-19-37(75(63,64)65)30(11-3)41(26)53-44-40(54-55-45-32(24-49)43(48(6,7)8)56-58(45)47-51-33-17-15-28(73-70-69-59)22-35(33)72-47)25(5)21-39(52-44)57(42-27(10-2)14-20-38(31(42)12-4)76(66,67)68)46-50-34-18-16-29(74(60,61)62)23-36(34)71-46/h14-18,20-23,26,30,37,41,59H,9-13,19H2,1-8H3,(H,52,53)(H,60,61,62)(H,63,64,65)(H,66,67,68). The summed E-state index contributed by atoms with van der Waals surface area (Å²) < 4.78 is 115. The normalized spacial score (nSPS) is 17.7. The molecule has 404 valence electrons. The second kappa shape index (κ2) is 22.1. The second-order valence-corrected chi connectivity index (χ2v) is 26.3. The third-order valence-corrected chi connectivity index (χ3v) is 19.1. The van der Waals surface area contributed by atoms with E-state index in [2.05, 4.69) is 20.8 Å². The highest BCUT2D eigenvalue weighted by Gasteiger charge is 2.44. The quantitative estimate of drug-likeness (QED) is 0.0175. The van der Waals surface area contributed by atoms with E-state index < -0.39 is 53.0 Å². The number of hydrogen-bond donors (Lipinski definition) is 5. The average Bonchev–Trinajstić information content (AvgIpc) is 4.11. The van der Waals surface area contributed by atoms with Gasteiger partial charge in [0, 0.05) is 16.4 Å². The van der Waals surface area contributed by atoms with Crippen molar-refractivity contribution in [3.8, 4) is 11.2 Å². The van der Waals surface area contributed by atoms with E-state index in [-0.39, 0.29) is 67.9 Å². The minimum Gasteiger partial charge on any atom is -0.365 e. The van der Waals surface area contributed by atoms with Gasteiger partial charge in [-0.25, -0.2) is 20.2 Å². The van der Waals surface area contributed by atoms with Crippen LogP contribution >= 0.6 is 34.7 Å². The van der Waals surface area contributed by atoms with Crippen LogP contribution in [-0.4, -0.2) is 80.2 Å². The third-order valence-electron chi connectivity index (χ3n) is 13.4. The molecule has 4 atom stereocenters. The van der Waals surface area contributed by atoms with Crippen LogP contribution in [0.1, 0.15) is 102 Å². The molecule has 22 nitrogen and oxygen atoms in total. The Labute approximate surface area is 451 Å². The number of thiazole rings is 2. The smallest absolute Gasteiger partial charge is 0.294 e. The van der Waals surface area contributed by atoms with Gasteiger partial charge < -0.3 is 5.32 Å².